The van der Waals surface area contributed by atoms with Gasteiger partial charge in [-0.15, -0.1) is 0 Å². The molecule has 0 saturated heterocycles. The molecule has 0 unspecified atom stereocenters. The summed E-state index contributed by atoms with van der Waals surface area (Å²) in [6, 6.07) is 15.6. The number of thiocarbonyl (C=S) groups is 1. The zero-order valence-corrected chi connectivity index (χ0v) is 19.5. The maximum Gasteiger partial charge on any atom is 0.261 e. The van der Waals surface area contributed by atoms with E-state index in [0.717, 1.165) is 10.0 Å². The number of phenols is 1. The summed E-state index contributed by atoms with van der Waals surface area (Å²) in [5, 5.41) is 16.0. The number of hydrogen-bond donors (Lipinski definition) is 3. The molecule has 4 aromatic rings. The summed E-state index contributed by atoms with van der Waals surface area (Å²) in [5.74, 6) is 0.286. The Kier molecular flexibility index (Phi) is 6.11. The van der Waals surface area contributed by atoms with Crippen molar-refractivity contribution < 1.29 is 19.1 Å². The third kappa shape index (κ3) is 4.58. The number of benzene rings is 3. The number of aromatic hydroxyl groups is 1. The van der Waals surface area contributed by atoms with Crippen molar-refractivity contribution in [2.24, 2.45) is 0 Å². The van der Waals surface area contributed by atoms with Gasteiger partial charge >= 0.3 is 0 Å². The minimum atomic E-state index is -0.422. The van der Waals surface area contributed by atoms with Gasteiger partial charge in [-0.3, -0.25) is 10.1 Å². The number of aromatic nitrogens is 1. The van der Waals surface area contributed by atoms with Crippen molar-refractivity contribution >= 4 is 56.0 Å². The fourth-order valence-corrected chi connectivity index (χ4v) is 3.69. The van der Waals surface area contributed by atoms with Crippen molar-refractivity contribution in [2.45, 2.75) is 6.92 Å². The van der Waals surface area contributed by atoms with E-state index in [9.17, 15) is 9.90 Å². The number of fused-ring (bicyclic) bond motifs is 1. The molecular formula is C23H18BrN3O4S. The van der Waals surface area contributed by atoms with E-state index in [1.54, 1.807) is 30.3 Å². The number of rotatable bonds is 4. The molecule has 32 heavy (non-hydrogen) atoms. The zero-order valence-electron chi connectivity index (χ0n) is 17.1. The van der Waals surface area contributed by atoms with Crippen LogP contribution in [0, 0.1) is 6.92 Å². The molecule has 3 aromatic carbocycles. The van der Waals surface area contributed by atoms with E-state index in [2.05, 4.69) is 31.5 Å². The van der Waals surface area contributed by atoms with Gasteiger partial charge in [0.2, 0.25) is 5.89 Å². The van der Waals surface area contributed by atoms with E-state index in [-0.39, 0.29) is 16.8 Å². The van der Waals surface area contributed by atoms with Crippen molar-refractivity contribution in [3.63, 3.8) is 0 Å². The van der Waals surface area contributed by atoms with Crippen molar-refractivity contribution in [3.8, 4) is 23.0 Å². The molecule has 1 amide bonds. The second-order valence-electron chi connectivity index (χ2n) is 6.97. The van der Waals surface area contributed by atoms with E-state index >= 15 is 0 Å². The molecule has 0 saturated carbocycles. The van der Waals surface area contributed by atoms with Crippen LogP contribution in [0.1, 0.15) is 15.9 Å². The number of aryl methyl sites for hydroxylation is 1. The summed E-state index contributed by atoms with van der Waals surface area (Å²) in [6.45, 7) is 1.96. The van der Waals surface area contributed by atoms with Crippen LogP contribution in [0.2, 0.25) is 0 Å². The first-order chi connectivity index (χ1) is 15.3. The average Bonchev–Trinajstić information content (AvgIpc) is 3.17. The second kappa shape index (κ2) is 8.97. The van der Waals surface area contributed by atoms with Gasteiger partial charge in [-0.1, -0.05) is 22.0 Å². The Morgan fingerprint density at radius 1 is 1.16 bits per heavy atom. The van der Waals surface area contributed by atoms with Gasteiger partial charge < -0.3 is 19.6 Å². The Balaban J connectivity index is 1.54. The highest BCUT2D eigenvalue weighted by atomic mass is 79.9. The van der Waals surface area contributed by atoms with Gasteiger partial charge in [-0.25, -0.2) is 4.98 Å². The highest BCUT2D eigenvalue weighted by Gasteiger charge is 2.16. The number of carbonyl (C=O) groups is 1. The molecule has 0 fully saturated rings. The highest BCUT2D eigenvalue weighted by Crippen LogP contribution is 2.33. The van der Waals surface area contributed by atoms with Crippen LogP contribution in [0.25, 0.3) is 22.6 Å². The summed E-state index contributed by atoms with van der Waals surface area (Å²) in [7, 11) is 1.49. The molecule has 0 aliphatic rings. The number of oxazole rings is 1. The maximum absolute atomic E-state index is 12.6. The van der Waals surface area contributed by atoms with Gasteiger partial charge in [0.1, 0.15) is 17.0 Å². The van der Waals surface area contributed by atoms with Crippen LogP contribution < -0.4 is 15.4 Å². The quantitative estimate of drug-likeness (QED) is 0.249. The Labute approximate surface area is 197 Å². The molecule has 1 heterocycles. The summed E-state index contributed by atoms with van der Waals surface area (Å²) in [6.07, 6.45) is 0. The summed E-state index contributed by atoms with van der Waals surface area (Å²) < 4.78 is 11.8. The van der Waals surface area contributed by atoms with Gasteiger partial charge in [-0.2, -0.15) is 0 Å². The molecule has 0 spiro atoms. The minimum absolute atomic E-state index is 0.00709. The SMILES string of the molecule is COc1ccc(Br)cc1C(=O)NC(=S)Nc1ccc(O)c(-c2nc3ccc(C)cc3o2)c1. The van der Waals surface area contributed by atoms with E-state index in [1.165, 1.54) is 13.2 Å². The predicted molar refractivity (Wildman–Crippen MR) is 130 cm³/mol. The number of ether oxygens (including phenoxy) is 1. The van der Waals surface area contributed by atoms with Gasteiger partial charge in [0.25, 0.3) is 5.91 Å². The second-order valence-corrected chi connectivity index (χ2v) is 8.30. The van der Waals surface area contributed by atoms with E-state index in [0.29, 0.717) is 33.7 Å². The number of phenolic OH excluding ortho intramolecular Hbond substituents is 1. The number of halogens is 1. The van der Waals surface area contributed by atoms with E-state index < -0.39 is 5.91 Å². The average molecular weight is 512 g/mol. The number of carbonyl (C=O) groups excluding carboxylic acids is 1. The fourth-order valence-electron chi connectivity index (χ4n) is 3.12. The number of methoxy groups -OCH3 is 1. The molecule has 0 atom stereocenters. The van der Waals surface area contributed by atoms with E-state index in [4.69, 9.17) is 21.4 Å². The molecule has 1 aromatic heterocycles. The molecule has 162 valence electrons. The number of hydrogen-bond acceptors (Lipinski definition) is 6. The molecule has 0 radical (unpaired) electrons. The molecule has 0 aliphatic heterocycles. The number of amides is 1. The standard InChI is InChI=1S/C23H18BrN3O4S/c1-12-3-6-17-20(9-12)31-22(26-17)15-11-14(5-7-18(15)28)25-23(32)27-21(29)16-10-13(24)4-8-19(16)30-2/h3-11,28H,1-2H3,(H2,25,27,29,32). The van der Waals surface area contributed by atoms with Gasteiger partial charge in [0, 0.05) is 10.2 Å². The summed E-state index contributed by atoms with van der Waals surface area (Å²) >= 11 is 8.63. The highest BCUT2D eigenvalue weighted by molar-refractivity contribution is 9.10. The third-order valence-electron chi connectivity index (χ3n) is 4.66. The molecule has 0 aliphatic carbocycles. The smallest absolute Gasteiger partial charge is 0.261 e. The van der Waals surface area contributed by atoms with Crippen LogP contribution in [0.15, 0.2) is 63.5 Å². The van der Waals surface area contributed by atoms with Crippen LogP contribution in [0.3, 0.4) is 0 Å². The molecule has 9 heteroatoms. The topological polar surface area (TPSA) is 96.6 Å². The Hall–Kier alpha value is -3.43. The molecule has 7 nitrogen and oxygen atoms in total. The zero-order chi connectivity index (χ0) is 22.8. The van der Waals surface area contributed by atoms with Crippen molar-refractivity contribution in [1.29, 1.82) is 0 Å². The minimum Gasteiger partial charge on any atom is -0.507 e. The summed E-state index contributed by atoms with van der Waals surface area (Å²) in [4.78, 5) is 17.1. The number of nitrogens with one attached hydrogen (secondary N) is 2. The lowest BCUT2D eigenvalue weighted by Gasteiger charge is -2.12. The van der Waals surface area contributed by atoms with Crippen LogP contribution in [-0.2, 0) is 0 Å². The van der Waals surface area contributed by atoms with E-state index in [1.807, 2.05) is 25.1 Å². The lowest BCUT2D eigenvalue weighted by Crippen LogP contribution is -2.34. The van der Waals surface area contributed by atoms with Crippen LogP contribution in [0.4, 0.5) is 5.69 Å². The lowest BCUT2D eigenvalue weighted by atomic mass is 10.1. The monoisotopic (exact) mass is 511 g/mol. The number of anilines is 1. The molecule has 4 rings (SSSR count). The molecule has 0 bridgehead atoms. The van der Waals surface area contributed by atoms with Gasteiger partial charge in [-0.05, 0) is 73.2 Å². The lowest BCUT2D eigenvalue weighted by molar-refractivity contribution is 0.0974. The third-order valence-corrected chi connectivity index (χ3v) is 5.36. The Morgan fingerprint density at radius 2 is 1.97 bits per heavy atom. The molecular weight excluding hydrogens is 494 g/mol. The van der Waals surface area contributed by atoms with Gasteiger partial charge in [0.05, 0.1) is 18.2 Å². The van der Waals surface area contributed by atoms with Crippen molar-refractivity contribution in [1.82, 2.24) is 10.3 Å². The van der Waals surface area contributed by atoms with Crippen molar-refractivity contribution in [2.75, 3.05) is 12.4 Å². The predicted octanol–water partition coefficient (Wildman–Crippen LogP) is 5.41. The first-order valence-corrected chi connectivity index (χ1v) is 10.7. The normalized spacial score (nSPS) is 10.7. The fraction of sp³-hybridized carbons (Fsp3) is 0.0870. The number of nitrogens with zero attached hydrogens (tertiary/aromatic N) is 1. The van der Waals surface area contributed by atoms with Crippen LogP contribution in [-0.4, -0.2) is 28.2 Å². The first kappa shape index (κ1) is 21.8. The Bertz CT molecular complexity index is 1350. The van der Waals surface area contributed by atoms with Crippen LogP contribution >= 0.6 is 28.1 Å². The van der Waals surface area contributed by atoms with Crippen LogP contribution in [0.5, 0.6) is 11.5 Å². The Morgan fingerprint density at radius 3 is 2.75 bits per heavy atom. The van der Waals surface area contributed by atoms with Gasteiger partial charge in [0.15, 0.2) is 10.7 Å². The largest absolute Gasteiger partial charge is 0.507 e. The summed E-state index contributed by atoms with van der Waals surface area (Å²) in [5.41, 5.74) is 3.63. The maximum atomic E-state index is 12.6. The first-order valence-electron chi connectivity index (χ1n) is 9.50. The van der Waals surface area contributed by atoms with Crippen molar-refractivity contribution in [3.05, 3.63) is 70.2 Å². The molecule has 3 N–H and O–H groups in total.